The van der Waals surface area contributed by atoms with Gasteiger partial charge in [-0.15, -0.1) is 0 Å². The van der Waals surface area contributed by atoms with Gasteiger partial charge in [0.25, 0.3) is 5.91 Å². The molecule has 1 amide bonds. The summed E-state index contributed by atoms with van der Waals surface area (Å²) in [6.07, 6.45) is 7.50. The van der Waals surface area contributed by atoms with Crippen LogP contribution in [0.1, 0.15) is 49.4 Å². The van der Waals surface area contributed by atoms with E-state index in [9.17, 15) is 4.79 Å². The van der Waals surface area contributed by atoms with Crippen LogP contribution < -0.4 is 5.32 Å². The van der Waals surface area contributed by atoms with E-state index in [0.29, 0.717) is 22.2 Å². The van der Waals surface area contributed by atoms with Crippen LogP contribution in [0.3, 0.4) is 0 Å². The molecule has 2 rings (SSSR count). The maximum Gasteiger partial charge on any atom is 0.255 e. The summed E-state index contributed by atoms with van der Waals surface area (Å²) in [4.78, 5) is 12.1. The van der Waals surface area contributed by atoms with Gasteiger partial charge in [-0.3, -0.25) is 4.79 Å². The molecular weight excluding hydrogens is 282 g/mol. The van der Waals surface area contributed by atoms with E-state index in [1.54, 1.807) is 6.07 Å². The fraction of sp³-hybridized carbons (Fsp3) is 0.615. The van der Waals surface area contributed by atoms with Gasteiger partial charge in [0.05, 0.1) is 11.8 Å². The molecule has 0 radical (unpaired) electrons. The van der Waals surface area contributed by atoms with Crippen molar-refractivity contribution in [1.82, 2.24) is 5.32 Å². The molecule has 94 valence electrons. The average Bonchev–Trinajstić information content (AvgIpc) is 2.76. The van der Waals surface area contributed by atoms with E-state index in [1.165, 1.54) is 25.5 Å². The second-order valence-electron chi connectivity index (χ2n) is 4.64. The lowest BCUT2D eigenvalue weighted by atomic mass is 9.83. The minimum atomic E-state index is -0.0315. The number of hydrogen-bond donors (Lipinski definition) is 1. The topological polar surface area (TPSA) is 42.2 Å². The van der Waals surface area contributed by atoms with Gasteiger partial charge in [0.15, 0.2) is 4.67 Å². The quantitative estimate of drug-likeness (QED) is 0.924. The molecule has 0 saturated heterocycles. The number of amides is 1. The van der Waals surface area contributed by atoms with E-state index in [0.717, 1.165) is 12.8 Å². The van der Waals surface area contributed by atoms with Crippen molar-refractivity contribution in [2.24, 2.45) is 5.92 Å². The van der Waals surface area contributed by atoms with Crippen LogP contribution in [0.2, 0.25) is 0 Å². The number of hydrogen-bond acceptors (Lipinski definition) is 2. The fourth-order valence-corrected chi connectivity index (χ4v) is 3.01. The van der Waals surface area contributed by atoms with Gasteiger partial charge in [-0.25, -0.2) is 0 Å². The molecule has 2 atom stereocenters. The fourth-order valence-electron chi connectivity index (χ4n) is 2.59. The molecular formula is C13H18BrNO2. The molecule has 1 N–H and O–H groups in total. The van der Waals surface area contributed by atoms with Crippen molar-refractivity contribution >= 4 is 21.8 Å². The third-order valence-corrected chi connectivity index (χ3v) is 4.23. The van der Waals surface area contributed by atoms with Gasteiger partial charge in [-0.2, -0.15) is 0 Å². The predicted molar refractivity (Wildman–Crippen MR) is 69.9 cm³/mol. The Labute approximate surface area is 110 Å². The van der Waals surface area contributed by atoms with Crippen LogP contribution in [0.25, 0.3) is 0 Å². The lowest BCUT2D eigenvalue weighted by Crippen LogP contribution is -2.41. The number of carbonyl (C=O) groups excluding carboxylic acids is 1. The molecule has 1 heterocycles. The standard InChI is InChI=1S/C13H18BrNO2/c1-2-9-5-3-4-6-11(9)15-13(16)10-7-8-17-12(10)14/h7-9,11H,2-6H2,1H3,(H,15,16). The Hall–Kier alpha value is -0.770. The maximum atomic E-state index is 12.1. The smallest absolute Gasteiger partial charge is 0.255 e. The third kappa shape index (κ3) is 2.92. The zero-order valence-corrected chi connectivity index (χ0v) is 11.6. The highest BCUT2D eigenvalue weighted by atomic mass is 79.9. The number of nitrogens with one attached hydrogen (secondary N) is 1. The molecule has 1 fully saturated rings. The lowest BCUT2D eigenvalue weighted by molar-refractivity contribution is 0.0903. The lowest BCUT2D eigenvalue weighted by Gasteiger charge is -2.31. The Balaban J connectivity index is 2.00. The van der Waals surface area contributed by atoms with Gasteiger partial charge in [-0.05, 0) is 40.8 Å². The molecule has 4 heteroatoms. The van der Waals surface area contributed by atoms with Crippen LogP contribution in [-0.2, 0) is 0 Å². The molecule has 1 saturated carbocycles. The van der Waals surface area contributed by atoms with Gasteiger partial charge in [0.2, 0.25) is 0 Å². The van der Waals surface area contributed by atoms with Crippen molar-refractivity contribution < 1.29 is 9.21 Å². The van der Waals surface area contributed by atoms with E-state index in [1.807, 2.05) is 0 Å². The SMILES string of the molecule is CCC1CCCCC1NC(=O)c1ccoc1Br. The molecule has 0 spiro atoms. The summed E-state index contributed by atoms with van der Waals surface area (Å²) in [6, 6.07) is 2.02. The Kier molecular flexibility index (Phi) is 4.26. The van der Waals surface area contributed by atoms with Crippen LogP contribution >= 0.6 is 15.9 Å². The van der Waals surface area contributed by atoms with Crippen molar-refractivity contribution in [3.05, 3.63) is 22.6 Å². The summed E-state index contributed by atoms with van der Waals surface area (Å²) in [5.74, 6) is 0.592. The largest absolute Gasteiger partial charge is 0.457 e. The molecule has 3 nitrogen and oxygen atoms in total. The van der Waals surface area contributed by atoms with Crippen LogP contribution in [0.15, 0.2) is 21.4 Å². The van der Waals surface area contributed by atoms with Crippen LogP contribution in [0.5, 0.6) is 0 Å². The second kappa shape index (κ2) is 5.71. The minimum absolute atomic E-state index is 0.0315. The Morgan fingerprint density at radius 1 is 1.53 bits per heavy atom. The molecule has 1 aromatic heterocycles. The van der Waals surface area contributed by atoms with E-state index < -0.39 is 0 Å². The van der Waals surface area contributed by atoms with Crippen LogP contribution in [-0.4, -0.2) is 11.9 Å². The summed E-state index contributed by atoms with van der Waals surface area (Å²) >= 11 is 3.24. The van der Waals surface area contributed by atoms with Crippen molar-refractivity contribution in [2.45, 2.75) is 45.1 Å². The monoisotopic (exact) mass is 299 g/mol. The molecule has 1 aliphatic carbocycles. The molecule has 0 aromatic carbocycles. The van der Waals surface area contributed by atoms with Crippen LogP contribution in [0, 0.1) is 5.92 Å². The number of halogens is 1. The second-order valence-corrected chi connectivity index (χ2v) is 5.36. The minimum Gasteiger partial charge on any atom is -0.457 e. The van der Waals surface area contributed by atoms with E-state index in [-0.39, 0.29) is 5.91 Å². The summed E-state index contributed by atoms with van der Waals surface area (Å²) in [7, 11) is 0. The van der Waals surface area contributed by atoms with E-state index >= 15 is 0 Å². The summed E-state index contributed by atoms with van der Waals surface area (Å²) in [5.41, 5.74) is 0.588. The molecule has 1 aromatic rings. The van der Waals surface area contributed by atoms with E-state index in [4.69, 9.17) is 4.42 Å². The van der Waals surface area contributed by atoms with Crippen LogP contribution in [0.4, 0.5) is 0 Å². The van der Waals surface area contributed by atoms with Crippen molar-refractivity contribution in [2.75, 3.05) is 0 Å². The summed E-state index contributed by atoms with van der Waals surface area (Å²) in [5, 5.41) is 3.13. The molecule has 1 aliphatic rings. The Morgan fingerprint density at radius 2 is 2.29 bits per heavy atom. The highest BCUT2D eigenvalue weighted by Crippen LogP contribution is 2.27. The van der Waals surface area contributed by atoms with Gasteiger partial charge in [0.1, 0.15) is 0 Å². The third-order valence-electron chi connectivity index (χ3n) is 3.61. The highest BCUT2D eigenvalue weighted by Gasteiger charge is 2.26. The normalized spacial score (nSPS) is 24.6. The summed E-state index contributed by atoms with van der Waals surface area (Å²) < 4.78 is 5.60. The van der Waals surface area contributed by atoms with E-state index in [2.05, 4.69) is 28.2 Å². The highest BCUT2D eigenvalue weighted by molar-refractivity contribution is 9.10. The predicted octanol–water partition coefficient (Wildman–Crippen LogP) is 3.74. The molecule has 2 unspecified atom stereocenters. The summed E-state index contributed by atoms with van der Waals surface area (Å²) in [6.45, 7) is 2.20. The van der Waals surface area contributed by atoms with Crippen molar-refractivity contribution in [1.29, 1.82) is 0 Å². The first-order chi connectivity index (χ1) is 8.22. The Morgan fingerprint density at radius 3 is 2.94 bits per heavy atom. The van der Waals surface area contributed by atoms with Gasteiger partial charge in [0, 0.05) is 6.04 Å². The first-order valence-electron chi connectivity index (χ1n) is 6.26. The average molecular weight is 300 g/mol. The zero-order chi connectivity index (χ0) is 12.3. The van der Waals surface area contributed by atoms with Gasteiger partial charge < -0.3 is 9.73 Å². The molecule has 0 aliphatic heterocycles. The molecule has 0 bridgehead atoms. The number of carbonyl (C=O) groups is 1. The molecule has 17 heavy (non-hydrogen) atoms. The van der Waals surface area contributed by atoms with Gasteiger partial charge >= 0.3 is 0 Å². The number of rotatable bonds is 3. The maximum absolute atomic E-state index is 12.1. The zero-order valence-electron chi connectivity index (χ0n) is 10.0. The van der Waals surface area contributed by atoms with Crippen molar-refractivity contribution in [3.8, 4) is 0 Å². The Bertz CT molecular complexity index is 389. The first kappa shape index (κ1) is 12.7. The first-order valence-corrected chi connectivity index (χ1v) is 7.05. The number of furan rings is 1. The van der Waals surface area contributed by atoms with Gasteiger partial charge in [-0.1, -0.05) is 26.2 Å². The van der Waals surface area contributed by atoms with Crippen molar-refractivity contribution in [3.63, 3.8) is 0 Å².